The van der Waals surface area contributed by atoms with Crippen molar-refractivity contribution in [1.82, 2.24) is 14.8 Å². The van der Waals surface area contributed by atoms with E-state index in [0.717, 1.165) is 24.6 Å². The van der Waals surface area contributed by atoms with Crippen LogP contribution in [0.15, 0.2) is 0 Å². The average Bonchev–Trinajstić information content (AvgIpc) is 2.30. The highest BCUT2D eigenvalue weighted by Crippen LogP contribution is 2.16. The van der Waals surface area contributed by atoms with Crippen LogP contribution in [0.3, 0.4) is 0 Å². The monoisotopic (exact) mass is 166 g/mol. The molecule has 2 rings (SSSR count). The van der Waals surface area contributed by atoms with Crippen LogP contribution < -0.4 is 5.73 Å². The summed E-state index contributed by atoms with van der Waals surface area (Å²) in [6.45, 7) is 4.90. The lowest BCUT2D eigenvalue weighted by molar-refractivity contribution is 0.330. The number of hydrogen-bond acceptors (Lipinski definition) is 3. The summed E-state index contributed by atoms with van der Waals surface area (Å²) in [4.78, 5) is 4.33. The van der Waals surface area contributed by atoms with Gasteiger partial charge >= 0.3 is 0 Å². The van der Waals surface area contributed by atoms with Crippen molar-refractivity contribution < 1.29 is 0 Å². The van der Waals surface area contributed by atoms with E-state index in [1.807, 2.05) is 11.6 Å². The number of nitrogens with two attached hydrogens (primary N) is 1. The molecule has 1 aliphatic rings. The number of hydrogen-bond donors (Lipinski definition) is 1. The van der Waals surface area contributed by atoms with Gasteiger partial charge in [0.1, 0.15) is 11.6 Å². The normalized spacial score (nSPS) is 28.6. The van der Waals surface area contributed by atoms with Gasteiger partial charge in [0.2, 0.25) is 0 Å². The fourth-order valence-electron chi connectivity index (χ4n) is 1.62. The van der Waals surface area contributed by atoms with Gasteiger partial charge in [-0.05, 0) is 12.8 Å². The van der Waals surface area contributed by atoms with Crippen molar-refractivity contribution in [3.05, 3.63) is 11.6 Å². The summed E-state index contributed by atoms with van der Waals surface area (Å²) in [6, 6.07) is 0.235. The van der Waals surface area contributed by atoms with Gasteiger partial charge in [-0.15, -0.1) is 0 Å². The molecule has 1 aliphatic heterocycles. The number of aryl methyl sites for hydroxylation is 1. The van der Waals surface area contributed by atoms with Crippen LogP contribution in [0.25, 0.3) is 0 Å². The number of rotatable bonds is 0. The third-order valence-corrected chi connectivity index (χ3v) is 2.47. The molecule has 0 spiro atoms. The van der Waals surface area contributed by atoms with E-state index in [0.29, 0.717) is 5.92 Å². The zero-order valence-corrected chi connectivity index (χ0v) is 7.49. The minimum atomic E-state index is 0.235. The molecule has 0 saturated heterocycles. The van der Waals surface area contributed by atoms with Gasteiger partial charge in [0.15, 0.2) is 0 Å². The topological polar surface area (TPSA) is 56.7 Å². The van der Waals surface area contributed by atoms with Crippen LogP contribution >= 0.6 is 0 Å². The summed E-state index contributed by atoms with van der Waals surface area (Å²) in [5.41, 5.74) is 5.91. The smallest absolute Gasteiger partial charge is 0.147 e. The molecule has 66 valence electrons. The maximum atomic E-state index is 5.91. The average molecular weight is 166 g/mol. The van der Waals surface area contributed by atoms with E-state index in [2.05, 4.69) is 17.0 Å². The Kier molecular flexibility index (Phi) is 1.65. The van der Waals surface area contributed by atoms with E-state index >= 15 is 0 Å². The van der Waals surface area contributed by atoms with Crippen LogP contribution in [-0.4, -0.2) is 20.8 Å². The highest BCUT2D eigenvalue weighted by atomic mass is 15.4. The fourth-order valence-corrected chi connectivity index (χ4v) is 1.62. The molecule has 0 fully saturated rings. The number of aromatic nitrogens is 3. The lowest BCUT2D eigenvalue weighted by atomic mass is 9.96. The molecule has 0 aliphatic carbocycles. The Morgan fingerprint density at radius 3 is 3.08 bits per heavy atom. The van der Waals surface area contributed by atoms with Gasteiger partial charge in [0, 0.05) is 12.5 Å². The van der Waals surface area contributed by atoms with E-state index < -0.39 is 0 Å². The summed E-state index contributed by atoms with van der Waals surface area (Å²) in [7, 11) is 0. The largest absolute Gasteiger partial charge is 0.326 e. The van der Waals surface area contributed by atoms with Gasteiger partial charge < -0.3 is 5.73 Å². The van der Waals surface area contributed by atoms with E-state index in [1.165, 1.54) is 0 Å². The molecule has 4 heteroatoms. The molecule has 2 unspecified atom stereocenters. The molecule has 0 bridgehead atoms. The van der Waals surface area contributed by atoms with Crippen molar-refractivity contribution in [2.24, 2.45) is 11.7 Å². The van der Waals surface area contributed by atoms with E-state index in [1.54, 1.807) is 0 Å². The quantitative estimate of drug-likeness (QED) is 0.595. The van der Waals surface area contributed by atoms with Crippen molar-refractivity contribution in [2.45, 2.75) is 32.9 Å². The fraction of sp³-hybridized carbons (Fsp3) is 0.750. The molecule has 2 atom stereocenters. The maximum absolute atomic E-state index is 5.91. The summed E-state index contributed by atoms with van der Waals surface area (Å²) in [5, 5.41) is 4.26. The zero-order chi connectivity index (χ0) is 8.72. The Bertz CT molecular complexity index is 264. The molecule has 2 N–H and O–H groups in total. The summed E-state index contributed by atoms with van der Waals surface area (Å²) in [6.07, 6.45) is 0.960. The highest BCUT2D eigenvalue weighted by Gasteiger charge is 2.23. The molecule has 12 heavy (non-hydrogen) atoms. The third kappa shape index (κ3) is 1.12. The van der Waals surface area contributed by atoms with Crippen molar-refractivity contribution in [3.8, 4) is 0 Å². The second kappa shape index (κ2) is 2.55. The van der Waals surface area contributed by atoms with Crippen molar-refractivity contribution in [3.63, 3.8) is 0 Å². The highest BCUT2D eigenvalue weighted by molar-refractivity contribution is 4.98. The molecule has 4 nitrogen and oxygen atoms in total. The Morgan fingerprint density at radius 1 is 1.58 bits per heavy atom. The van der Waals surface area contributed by atoms with Crippen LogP contribution in [0, 0.1) is 12.8 Å². The molecule has 2 heterocycles. The molecule has 1 aromatic heterocycles. The predicted molar refractivity (Wildman–Crippen MR) is 45.6 cm³/mol. The molecule has 1 aromatic rings. The first-order valence-electron chi connectivity index (χ1n) is 4.32. The standard InChI is InChI=1S/C8H14N4/c1-5-3-8-10-6(2)11-12(8)4-7(5)9/h5,7H,3-4,9H2,1-2H3. The molecule has 0 saturated carbocycles. The third-order valence-electron chi connectivity index (χ3n) is 2.47. The first kappa shape index (κ1) is 7.73. The Balaban J connectivity index is 2.33. The molecular formula is C8H14N4. The Hall–Kier alpha value is -0.900. The van der Waals surface area contributed by atoms with Crippen molar-refractivity contribution in [2.75, 3.05) is 0 Å². The van der Waals surface area contributed by atoms with Crippen molar-refractivity contribution >= 4 is 0 Å². The van der Waals surface area contributed by atoms with Gasteiger partial charge in [-0.25, -0.2) is 9.67 Å². The lowest BCUT2D eigenvalue weighted by Gasteiger charge is -2.25. The number of fused-ring (bicyclic) bond motifs is 1. The number of nitrogens with zero attached hydrogens (tertiary/aromatic N) is 3. The first-order valence-corrected chi connectivity index (χ1v) is 4.32. The van der Waals surface area contributed by atoms with Gasteiger partial charge in [0.05, 0.1) is 6.54 Å². The second-order valence-corrected chi connectivity index (χ2v) is 3.60. The molecule has 0 amide bonds. The minimum absolute atomic E-state index is 0.235. The zero-order valence-electron chi connectivity index (χ0n) is 7.49. The van der Waals surface area contributed by atoms with Crippen LogP contribution in [0.2, 0.25) is 0 Å². The van der Waals surface area contributed by atoms with Crippen molar-refractivity contribution in [1.29, 1.82) is 0 Å². The maximum Gasteiger partial charge on any atom is 0.147 e. The van der Waals surface area contributed by atoms with Gasteiger partial charge in [-0.1, -0.05) is 6.92 Å². The Morgan fingerprint density at radius 2 is 2.33 bits per heavy atom. The summed E-state index contributed by atoms with van der Waals surface area (Å²) >= 11 is 0. The SMILES string of the molecule is Cc1nc2n(n1)CC(N)C(C)C2. The Labute approximate surface area is 71.8 Å². The predicted octanol–water partition coefficient (Wildman–Crippen LogP) is 0.106. The van der Waals surface area contributed by atoms with E-state index in [4.69, 9.17) is 5.73 Å². The van der Waals surface area contributed by atoms with Gasteiger partial charge in [-0.2, -0.15) is 5.10 Å². The van der Waals surface area contributed by atoms with Gasteiger partial charge in [-0.3, -0.25) is 0 Å². The lowest BCUT2D eigenvalue weighted by Crippen LogP contribution is -2.39. The van der Waals surface area contributed by atoms with Gasteiger partial charge in [0.25, 0.3) is 0 Å². The first-order chi connectivity index (χ1) is 5.66. The molecule has 0 radical (unpaired) electrons. The van der Waals surface area contributed by atoms with Crippen LogP contribution in [-0.2, 0) is 13.0 Å². The van der Waals surface area contributed by atoms with E-state index in [9.17, 15) is 0 Å². The summed E-state index contributed by atoms with van der Waals surface area (Å²) < 4.78 is 1.93. The van der Waals surface area contributed by atoms with E-state index in [-0.39, 0.29) is 6.04 Å². The second-order valence-electron chi connectivity index (χ2n) is 3.60. The van der Waals surface area contributed by atoms with Crippen LogP contribution in [0.4, 0.5) is 0 Å². The molecular weight excluding hydrogens is 152 g/mol. The summed E-state index contributed by atoms with van der Waals surface area (Å²) in [5.74, 6) is 2.47. The minimum Gasteiger partial charge on any atom is -0.326 e. The van der Waals surface area contributed by atoms with Crippen LogP contribution in [0.5, 0.6) is 0 Å². The van der Waals surface area contributed by atoms with Crippen LogP contribution in [0.1, 0.15) is 18.6 Å². The molecule has 0 aromatic carbocycles.